The van der Waals surface area contributed by atoms with Gasteiger partial charge in [0.2, 0.25) is 5.91 Å². The molecule has 1 aromatic heterocycles. The summed E-state index contributed by atoms with van der Waals surface area (Å²) in [6, 6.07) is -0.132. The number of nitrogens with two attached hydrogens (primary N) is 1. The third-order valence-corrected chi connectivity index (χ3v) is 3.60. The minimum Gasteiger partial charge on any atom is -0.379 e. The van der Waals surface area contributed by atoms with E-state index in [4.69, 9.17) is 10.5 Å². The quantitative estimate of drug-likeness (QED) is 0.830. The van der Waals surface area contributed by atoms with Crippen molar-refractivity contribution in [2.24, 2.45) is 5.73 Å². The Hall–Kier alpha value is -1.02. The van der Waals surface area contributed by atoms with E-state index in [0.717, 1.165) is 38.5 Å². The molecular formula is C12H20N4O2S. The number of nitrogens with zero attached hydrogens (tertiary/aromatic N) is 2. The second-order valence-corrected chi connectivity index (χ2v) is 5.62. The zero-order chi connectivity index (χ0) is 13.7. The molecule has 2 rings (SSSR count). The molecule has 3 N–H and O–H groups in total. The summed E-state index contributed by atoms with van der Waals surface area (Å²) in [6.07, 6.45) is 0.318. The van der Waals surface area contributed by atoms with Crippen LogP contribution in [0, 0.1) is 0 Å². The highest BCUT2D eigenvalue weighted by Gasteiger charge is 2.13. The van der Waals surface area contributed by atoms with Crippen molar-refractivity contribution in [1.82, 2.24) is 9.88 Å². The first-order valence-corrected chi connectivity index (χ1v) is 7.31. The normalized spacial score (nSPS) is 18.2. The largest absolute Gasteiger partial charge is 0.379 e. The molecule has 0 aromatic carbocycles. The lowest BCUT2D eigenvalue weighted by atomic mass is 10.2. The van der Waals surface area contributed by atoms with Crippen LogP contribution in [-0.4, -0.2) is 48.1 Å². The van der Waals surface area contributed by atoms with Gasteiger partial charge in [-0.1, -0.05) is 0 Å². The molecule has 1 unspecified atom stereocenters. The summed E-state index contributed by atoms with van der Waals surface area (Å²) in [5.41, 5.74) is 6.57. The molecule has 1 amide bonds. The van der Waals surface area contributed by atoms with Gasteiger partial charge in [0.1, 0.15) is 0 Å². The lowest BCUT2D eigenvalue weighted by Gasteiger charge is -2.25. The van der Waals surface area contributed by atoms with E-state index in [1.165, 1.54) is 11.3 Å². The molecule has 2 heterocycles. The van der Waals surface area contributed by atoms with Crippen LogP contribution in [0.1, 0.15) is 19.0 Å². The third-order valence-electron chi connectivity index (χ3n) is 2.79. The van der Waals surface area contributed by atoms with E-state index in [1.807, 2.05) is 12.3 Å². The molecular weight excluding hydrogens is 264 g/mol. The van der Waals surface area contributed by atoms with Crippen molar-refractivity contribution in [3.8, 4) is 0 Å². The Labute approximate surface area is 116 Å². The number of anilines is 1. The molecule has 106 valence electrons. The molecule has 1 atom stereocenters. The highest BCUT2D eigenvalue weighted by molar-refractivity contribution is 7.13. The Bertz CT molecular complexity index is 416. The summed E-state index contributed by atoms with van der Waals surface area (Å²) in [4.78, 5) is 18.3. The van der Waals surface area contributed by atoms with Crippen molar-refractivity contribution in [1.29, 1.82) is 0 Å². The summed E-state index contributed by atoms with van der Waals surface area (Å²) in [5, 5.41) is 5.41. The van der Waals surface area contributed by atoms with E-state index >= 15 is 0 Å². The first kappa shape index (κ1) is 14.4. The summed E-state index contributed by atoms with van der Waals surface area (Å²) >= 11 is 1.45. The summed E-state index contributed by atoms with van der Waals surface area (Å²) in [5.74, 6) is -0.0812. The zero-order valence-electron chi connectivity index (χ0n) is 11.1. The molecule has 0 bridgehead atoms. The van der Waals surface area contributed by atoms with Crippen molar-refractivity contribution in [3.05, 3.63) is 11.1 Å². The predicted molar refractivity (Wildman–Crippen MR) is 75.1 cm³/mol. The van der Waals surface area contributed by atoms with Crippen LogP contribution in [-0.2, 0) is 16.1 Å². The number of carbonyl (C=O) groups excluding carboxylic acids is 1. The predicted octanol–water partition coefficient (Wildman–Crippen LogP) is 0.651. The maximum atomic E-state index is 11.6. The lowest BCUT2D eigenvalue weighted by molar-refractivity contribution is -0.116. The van der Waals surface area contributed by atoms with Gasteiger partial charge < -0.3 is 15.8 Å². The molecule has 6 nitrogen and oxygen atoms in total. The highest BCUT2D eigenvalue weighted by atomic mass is 32.1. The Kier molecular flexibility index (Phi) is 5.26. The number of rotatable bonds is 5. The van der Waals surface area contributed by atoms with Crippen molar-refractivity contribution in [2.45, 2.75) is 25.9 Å². The zero-order valence-corrected chi connectivity index (χ0v) is 11.9. The molecule has 0 saturated carbocycles. The van der Waals surface area contributed by atoms with Crippen molar-refractivity contribution in [2.75, 3.05) is 31.6 Å². The fraction of sp³-hybridized carbons (Fsp3) is 0.667. The number of amides is 1. The van der Waals surface area contributed by atoms with Crippen molar-refractivity contribution < 1.29 is 9.53 Å². The van der Waals surface area contributed by atoms with E-state index in [2.05, 4.69) is 15.2 Å². The first-order valence-electron chi connectivity index (χ1n) is 6.43. The Morgan fingerprint density at radius 1 is 1.63 bits per heavy atom. The monoisotopic (exact) mass is 284 g/mol. The molecule has 1 aliphatic heterocycles. The van der Waals surface area contributed by atoms with Gasteiger partial charge >= 0.3 is 0 Å². The fourth-order valence-corrected chi connectivity index (χ4v) is 2.61. The van der Waals surface area contributed by atoms with Gasteiger partial charge in [0.05, 0.1) is 18.9 Å². The number of carbonyl (C=O) groups is 1. The van der Waals surface area contributed by atoms with Crippen molar-refractivity contribution in [3.63, 3.8) is 0 Å². The molecule has 0 aliphatic carbocycles. The van der Waals surface area contributed by atoms with E-state index in [-0.39, 0.29) is 11.9 Å². The lowest BCUT2D eigenvalue weighted by Crippen LogP contribution is -2.35. The average molecular weight is 284 g/mol. The standard InChI is InChI=1S/C12H20N4O2S/c1-9(13)6-11(17)15-12-14-10(8-19-12)7-16-2-4-18-5-3-16/h8-9H,2-7,13H2,1H3,(H,14,15,17). The van der Waals surface area contributed by atoms with E-state index in [1.54, 1.807) is 0 Å². The van der Waals surface area contributed by atoms with Gasteiger partial charge in [-0.2, -0.15) is 0 Å². The SMILES string of the molecule is CC(N)CC(=O)Nc1nc(CN2CCOCC2)cs1. The van der Waals surface area contributed by atoms with E-state index in [9.17, 15) is 4.79 Å². The van der Waals surface area contributed by atoms with Crippen molar-refractivity contribution >= 4 is 22.4 Å². The Morgan fingerprint density at radius 3 is 3.05 bits per heavy atom. The van der Waals surface area contributed by atoms with Crippen LogP contribution < -0.4 is 11.1 Å². The van der Waals surface area contributed by atoms with Gasteiger partial charge in [0.25, 0.3) is 0 Å². The van der Waals surface area contributed by atoms with Crippen LogP contribution in [0.4, 0.5) is 5.13 Å². The number of ether oxygens (including phenoxy) is 1. The second kappa shape index (κ2) is 6.95. The fourth-order valence-electron chi connectivity index (χ4n) is 1.89. The number of morpholine rings is 1. The average Bonchev–Trinajstić information content (AvgIpc) is 2.76. The van der Waals surface area contributed by atoms with Crippen LogP contribution in [0.25, 0.3) is 0 Å². The summed E-state index contributed by atoms with van der Waals surface area (Å²) in [7, 11) is 0. The minimum absolute atomic E-state index is 0.0812. The van der Waals surface area contributed by atoms with Gasteiger partial charge in [-0.15, -0.1) is 11.3 Å². The molecule has 1 aromatic rings. The summed E-state index contributed by atoms with van der Waals surface area (Å²) in [6.45, 7) is 6.05. The smallest absolute Gasteiger partial charge is 0.227 e. The molecule has 1 saturated heterocycles. The number of hydrogen-bond acceptors (Lipinski definition) is 6. The van der Waals surface area contributed by atoms with Gasteiger partial charge in [-0.3, -0.25) is 9.69 Å². The second-order valence-electron chi connectivity index (χ2n) is 4.76. The molecule has 1 aliphatic rings. The topological polar surface area (TPSA) is 80.5 Å². The molecule has 0 radical (unpaired) electrons. The van der Waals surface area contributed by atoms with Crippen LogP contribution in [0.3, 0.4) is 0 Å². The third kappa shape index (κ3) is 4.87. The number of aromatic nitrogens is 1. The Morgan fingerprint density at radius 2 is 2.37 bits per heavy atom. The van der Waals surface area contributed by atoms with Crippen LogP contribution in [0.15, 0.2) is 5.38 Å². The van der Waals surface area contributed by atoms with Crippen LogP contribution >= 0.6 is 11.3 Å². The minimum atomic E-state index is -0.132. The van der Waals surface area contributed by atoms with Gasteiger partial charge in [0, 0.05) is 37.5 Å². The maximum absolute atomic E-state index is 11.6. The number of thiazole rings is 1. The molecule has 7 heteroatoms. The number of hydrogen-bond donors (Lipinski definition) is 2. The van der Waals surface area contributed by atoms with Crippen LogP contribution in [0.5, 0.6) is 0 Å². The van der Waals surface area contributed by atoms with Crippen LogP contribution in [0.2, 0.25) is 0 Å². The maximum Gasteiger partial charge on any atom is 0.227 e. The molecule has 19 heavy (non-hydrogen) atoms. The van der Waals surface area contributed by atoms with E-state index in [0.29, 0.717) is 11.6 Å². The summed E-state index contributed by atoms with van der Waals surface area (Å²) < 4.78 is 5.30. The first-order chi connectivity index (χ1) is 9.13. The molecule has 1 fully saturated rings. The van der Waals surface area contributed by atoms with E-state index < -0.39 is 0 Å². The Balaban J connectivity index is 1.82. The van der Waals surface area contributed by atoms with Gasteiger partial charge in [0.15, 0.2) is 5.13 Å². The number of nitrogens with one attached hydrogen (secondary N) is 1. The van der Waals surface area contributed by atoms with Gasteiger partial charge in [-0.05, 0) is 6.92 Å². The van der Waals surface area contributed by atoms with Gasteiger partial charge in [-0.25, -0.2) is 4.98 Å². The molecule has 0 spiro atoms. The highest BCUT2D eigenvalue weighted by Crippen LogP contribution is 2.17.